The minimum Gasteiger partial charge on any atom is -0.373 e. The molecule has 0 fully saturated rings. The van der Waals surface area contributed by atoms with Gasteiger partial charge in [0.25, 0.3) is 0 Å². The van der Waals surface area contributed by atoms with Crippen LogP contribution < -0.4 is 5.32 Å². The van der Waals surface area contributed by atoms with Crippen molar-refractivity contribution in [2.45, 2.75) is 19.3 Å². The van der Waals surface area contributed by atoms with E-state index in [0.29, 0.717) is 0 Å². The number of fused-ring (bicyclic) bond motifs is 2. The number of aryl methyl sites for hydroxylation is 1. The number of pyridine rings is 1. The van der Waals surface area contributed by atoms with Crippen LogP contribution in [0, 0.1) is 0 Å². The molecule has 0 aliphatic heterocycles. The Morgan fingerprint density at radius 1 is 1.20 bits per heavy atom. The number of anilines is 1. The third kappa shape index (κ3) is 1.59. The molecule has 5 nitrogen and oxygen atoms in total. The number of nitrogens with zero attached hydrogens (tertiary/aromatic N) is 3. The molecule has 0 unspecified atom stereocenters. The lowest BCUT2D eigenvalue weighted by atomic mass is 10.1. The molecule has 0 radical (unpaired) electrons. The molecule has 0 aromatic carbocycles. The van der Waals surface area contributed by atoms with Gasteiger partial charge in [-0.1, -0.05) is 0 Å². The first-order chi connectivity index (χ1) is 9.86. The molecule has 4 rings (SSSR count). The number of hydrogen-bond donors (Lipinski definition) is 2. The van der Waals surface area contributed by atoms with Gasteiger partial charge >= 0.3 is 0 Å². The molecular weight excluding hydrogens is 250 g/mol. The SMILES string of the molecule is CNc1nc(-c2ccnc3[nH]ccc23)nc2c1CCC2. The Balaban J connectivity index is 1.96. The number of aromatic amines is 1. The van der Waals surface area contributed by atoms with E-state index < -0.39 is 0 Å². The standard InChI is InChI=1S/C15H15N5/c1-16-13-11-3-2-4-12(11)19-15(20-13)10-6-8-18-14-9(10)5-7-17-14/h5-8H,2-4H2,1H3,(H,17,18)(H,16,19,20). The van der Waals surface area contributed by atoms with Gasteiger partial charge in [0.15, 0.2) is 5.82 Å². The summed E-state index contributed by atoms with van der Waals surface area (Å²) in [5, 5.41) is 4.27. The molecule has 5 heteroatoms. The van der Waals surface area contributed by atoms with Crippen molar-refractivity contribution in [3.05, 3.63) is 35.8 Å². The third-order valence-corrected chi connectivity index (χ3v) is 3.87. The molecule has 0 amide bonds. The summed E-state index contributed by atoms with van der Waals surface area (Å²) in [6.45, 7) is 0. The highest BCUT2D eigenvalue weighted by molar-refractivity contribution is 5.91. The fourth-order valence-electron chi connectivity index (χ4n) is 2.92. The summed E-state index contributed by atoms with van der Waals surface area (Å²) in [7, 11) is 1.92. The number of nitrogens with one attached hydrogen (secondary N) is 2. The monoisotopic (exact) mass is 265 g/mol. The first kappa shape index (κ1) is 11.4. The van der Waals surface area contributed by atoms with Gasteiger partial charge in [0.05, 0.1) is 0 Å². The molecule has 3 heterocycles. The van der Waals surface area contributed by atoms with E-state index in [4.69, 9.17) is 9.97 Å². The maximum Gasteiger partial charge on any atom is 0.162 e. The molecule has 3 aromatic heterocycles. The molecule has 0 saturated heterocycles. The largest absolute Gasteiger partial charge is 0.373 e. The van der Waals surface area contributed by atoms with Gasteiger partial charge in [0.1, 0.15) is 11.5 Å². The first-order valence-electron chi connectivity index (χ1n) is 6.87. The molecular formula is C15H15N5. The van der Waals surface area contributed by atoms with Crippen LogP contribution in [-0.2, 0) is 12.8 Å². The molecule has 0 spiro atoms. The fourth-order valence-corrected chi connectivity index (χ4v) is 2.92. The minimum atomic E-state index is 0.780. The van der Waals surface area contributed by atoms with E-state index >= 15 is 0 Å². The topological polar surface area (TPSA) is 66.5 Å². The third-order valence-electron chi connectivity index (χ3n) is 3.87. The van der Waals surface area contributed by atoms with Crippen molar-refractivity contribution in [3.8, 4) is 11.4 Å². The maximum atomic E-state index is 4.77. The highest BCUT2D eigenvalue weighted by atomic mass is 15.0. The smallest absolute Gasteiger partial charge is 0.162 e. The molecule has 2 N–H and O–H groups in total. The van der Waals surface area contributed by atoms with Gasteiger partial charge in [-0.3, -0.25) is 0 Å². The van der Waals surface area contributed by atoms with Crippen LogP contribution in [0.2, 0.25) is 0 Å². The van der Waals surface area contributed by atoms with Gasteiger partial charge in [-0.15, -0.1) is 0 Å². The second kappa shape index (κ2) is 4.30. The highest BCUT2D eigenvalue weighted by Gasteiger charge is 2.20. The second-order valence-electron chi connectivity index (χ2n) is 5.02. The minimum absolute atomic E-state index is 0.780. The zero-order chi connectivity index (χ0) is 13.5. The molecule has 0 bridgehead atoms. The molecule has 1 aliphatic rings. The van der Waals surface area contributed by atoms with Crippen molar-refractivity contribution >= 4 is 16.9 Å². The van der Waals surface area contributed by atoms with Crippen LogP contribution in [0.15, 0.2) is 24.5 Å². The Kier molecular flexibility index (Phi) is 2.45. The van der Waals surface area contributed by atoms with Gasteiger partial charge in [0, 0.05) is 41.6 Å². The molecule has 0 atom stereocenters. The van der Waals surface area contributed by atoms with E-state index in [2.05, 4.69) is 15.3 Å². The lowest BCUT2D eigenvalue weighted by molar-refractivity contribution is 0.900. The van der Waals surface area contributed by atoms with E-state index in [1.54, 1.807) is 6.20 Å². The summed E-state index contributed by atoms with van der Waals surface area (Å²) < 4.78 is 0. The number of aromatic nitrogens is 4. The van der Waals surface area contributed by atoms with Crippen LogP contribution in [0.3, 0.4) is 0 Å². The zero-order valence-corrected chi connectivity index (χ0v) is 11.3. The molecule has 20 heavy (non-hydrogen) atoms. The lowest BCUT2D eigenvalue weighted by Crippen LogP contribution is -2.03. The molecule has 100 valence electrons. The molecule has 3 aromatic rings. The molecule has 1 aliphatic carbocycles. The van der Waals surface area contributed by atoms with Crippen LogP contribution in [0.1, 0.15) is 17.7 Å². The van der Waals surface area contributed by atoms with Crippen molar-refractivity contribution in [3.63, 3.8) is 0 Å². The Labute approximate surface area is 116 Å². The summed E-state index contributed by atoms with van der Waals surface area (Å²) in [6, 6.07) is 4.00. The average Bonchev–Trinajstić information content (AvgIpc) is 3.13. The number of rotatable bonds is 2. The van der Waals surface area contributed by atoms with E-state index in [9.17, 15) is 0 Å². The first-order valence-corrected chi connectivity index (χ1v) is 6.87. The van der Waals surface area contributed by atoms with Crippen molar-refractivity contribution in [2.75, 3.05) is 12.4 Å². The van der Waals surface area contributed by atoms with Gasteiger partial charge in [-0.2, -0.15) is 0 Å². The fraction of sp³-hybridized carbons (Fsp3) is 0.267. The van der Waals surface area contributed by atoms with Gasteiger partial charge in [-0.25, -0.2) is 15.0 Å². The summed E-state index contributed by atoms with van der Waals surface area (Å²) in [6.07, 6.45) is 6.97. The van der Waals surface area contributed by atoms with Crippen molar-refractivity contribution in [1.82, 2.24) is 19.9 Å². The van der Waals surface area contributed by atoms with Crippen molar-refractivity contribution in [2.24, 2.45) is 0 Å². The summed E-state index contributed by atoms with van der Waals surface area (Å²) in [5.74, 6) is 1.74. The van der Waals surface area contributed by atoms with Gasteiger partial charge in [-0.05, 0) is 31.4 Å². The van der Waals surface area contributed by atoms with Crippen molar-refractivity contribution in [1.29, 1.82) is 0 Å². The van der Waals surface area contributed by atoms with Gasteiger partial charge in [0.2, 0.25) is 0 Å². The Morgan fingerprint density at radius 2 is 2.15 bits per heavy atom. The van der Waals surface area contributed by atoms with Crippen LogP contribution in [0.4, 0.5) is 5.82 Å². The van der Waals surface area contributed by atoms with E-state index in [0.717, 1.165) is 47.5 Å². The normalized spacial score (nSPS) is 13.7. The Hall–Kier alpha value is -2.43. The summed E-state index contributed by atoms with van der Waals surface area (Å²) in [5.41, 5.74) is 4.36. The van der Waals surface area contributed by atoms with Crippen LogP contribution in [-0.4, -0.2) is 27.0 Å². The van der Waals surface area contributed by atoms with Crippen LogP contribution >= 0.6 is 0 Å². The number of hydrogen-bond acceptors (Lipinski definition) is 4. The van der Waals surface area contributed by atoms with Crippen LogP contribution in [0.25, 0.3) is 22.4 Å². The highest BCUT2D eigenvalue weighted by Crippen LogP contribution is 2.31. The Bertz CT molecular complexity index is 790. The maximum absolute atomic E-state index is 4.77. The van der Waals surface area contributed by atoms with E-state index in [1.807, 2.05) is 25.4 Å². The zero-order valence-electron chi connectivity index (χ0n) is 11.3. The predicted molar refractivity (Wildman–Crippen MR) is 78.7 cm³/mol. The predicted octanol–water partition coefficient (Wildman–Crippen LogP) is 2.55. The molecule has 0 saturated carbocycles. The number of H-pyrrole nitrogens is 1. The summed E-state index contributed by atoms with van der Waals surface area (Å²) in [4.78, 5) is 16.9. The van der Waals surface area contributed by atoms with Crippen LogP contribution in [0.5, 0.6) is 0 Å². The van der Waals surface area contributed by atoms with E-state index in [1.165, 1.54) is 11.3 Å². The summed E-state index contributed by atoms with van der Waals surface area (Å²) >= 11 is 0. The Morgan fingerprint density at radius 3 is 3.05 bits per heavy atom. The van der Waals surface area contributed by atoms with Gasteiger partial charge < -0.3 is 10.3 Å². The quantitative estimate of drug-likeness (QED) is 0.747. The van der Waals surface area contributed by atoms with E-state index in [-0.39, 0.29) is 0 Å². The average molecular weight is 265 g/mol. The van der Waals surface area contributed by atoms with Crippen molar-refractivity contribution < 1.29 is 0 Å². The second-order valence-corrected chi connectivity index (χ2v) is 5.02. The lowest BCUT2D eigenvalue weighted by Gasteiger charge is -2.10.